The van der Waals surface area contributed by atoms with Crippen molar-refractivity contribution >= 4 is 87.5 Å². The van der Waals surface area contributed by atoms with Gasteiger partial charge in [-0.15, -0.1) is 0 Å². The van der Waals surface area contributed by atoms with Gasteiger partial charge in [0.05, 0.1) is 33.3 Å². The van der Waals surface area contributed by atoms with E-state index in [9.17, 15) is 0 Å². The Bertz CT molecular complexity index is 4580. The number of benzene rings is 10. The maximum Gasteiger partial charge on any atom is 0.167 e. The molecule has 0 aliphatic carbocycles. The maximum absolute atomic E-state index is 7.25. The van der Waals surface area contributed by atoms with Crippen molar-refractivity contribution in [3.8, 4) is 56.7 Å². The maximum atomic E-state index is 7.25. The molecule has 15 rings (SSSR count). The molecule has 15 aromatic rings. The molecule has 0 fully saturated rings. The molecule has 0 radical (unpaired) electrons. The lowest BCUT2D eigenvalue weighted by Crippen LogP contribution is -2.00. The van der Waals surface area contributed by atoms with Crippen molar-refractivity contribution in [2.24, 2.45) is 0 Å². The second-order valence-electron chi connectivity index (χ2n) is 17.9. The molecule has 0 amide bonds. The molecule has 326 valence electrons. The van der Waals surface area contributed by atoms with Gasteiger partial charge in [-0.25, -0.2) is 15.0 Å². The zero-order chi connectivity index (χ0) is 45.9. The van der Waals surface area contributed by atoms with Crippen LogP contribution in [0.15, 0.2) is 233 Å². The van der Waals surface area contributed by atoms with Crippen molar-refractivity contribution in [3.05, 3.63) is 224 Å². The van der Waals surface area contributed by atoms with E-state index >= 15 is 0 Å². The highest BCUT2D eigenvalue weighted by atomic mass is 16.3. The monoisotopic (exact) mass is 895 g/mol. The van der Waals surface area contributed by atoms with Crippen LogP contribution in [0.25, 0.3) is 144 Å². The van der Waals surface area contributed by atoms with Gasteiger partial charge in [0.2, 0.25) is 0 Å². The number of hydrogen-bond acceptors (Lipinski definition) is 5. The summed E-state index contributed by atoms with van der Waals surface area (Å²) >= 11 is 0. The molecule has 0 N–H and O–H groups in total. The fourth-order valence-corrected chi connectivity index (χ4v) is 10.9. The smallest absolute Gasteiger partial charge is 0.167 e. The van der Waals surface area contributed by atoms with Crippen LogP contribution in [0.2, 0.25) is 0 Å². The van der Waals surface area contributed by atoms with Crippen molar-refractivity contribution in [2.45, 2.75) is 0 Å². The van der Waals surface area contributed by atoms with Gasteiger partial charge >= 0.3 is 0 Å². The third-order valence-electron chi connectivity index (χ3n) is 14.0. The predicted octanol–water partition coefficient (Wildman–Crippen LogP) is 16.5. The van der Waals surface area contributed by atoms with Gasteiger partial charge in [-0.1, -0.05) is 182 Å². The Morgan fingerprint density at radius 1 is 0.286 bits per heavy atom. The highest BCUT2D eigenvalue weighted by molar-refractivity contribution is 6.24. The standard InChI is InChI=1S/C63H37N5O2/c1-3-16-39(17-4-1)61-64-62(40-34-32-38(33-35-40)42-23-13-24-48-45-22-9-12-31-55(45)69-58(42)48)66-63(65-61)51-27-14-25-49-50-26-15-30-54(60(50)70-59(49)51)68-53-29-11-8-21-44(53)47-37-36-46-43-20-7-10-28-52(43)67(56(46)57(47)68)41-18-5-2-6-19-41/h1-37H. The average Bonchev–Trinajstić information content (AvgIpc) is 4.19. The summed E-state index contributed by atoms with van der Waals surface area (Å²) in [5, 5.41) is 8.91. The number of fused-ring (bicyclic) bond motifs is 13. The summed E-state index contributed by atoms with van der Waals surface area (Å²) in [6, 6.07) is 78.4. The molecule has 0 bridgehead atoms. The molecular weight excluding hydrogens is 859 g/mol. The van der Waals surface area contributed by atoms with E-state index in [1.54, 1.807) is 0 Å². The Labute approximate surface area is 399 Å². The summed E-state index contributed by atoms with van der Waals surface area (Å²) in [6.07, 6.45) is 0. The summed E-state index contributed by atoms with van der Waals surface area (Å²) in [7, 11) is 0. The van der Waals surface area contributed by atoms with Crippen LogP contribution in [0.3, 0.4) is 0 Å². The summed E-state index contributed by atoms with van der Waals surface area (Å²) in [6.45, 7) is 0. The molecule has 70 heavy (non-hydrogen) atoms. The molecule has 0 saturated carbocycles. The number of furan rings is 2. The minimum atomic E-state index is 0.525. The summed E-state index contributed by atoms with van der Waals surface area (Å²) in [5.41, 5.74) is 14.4. The van der Waals surface area contributed by atoms with Crippen LogP contribution in [0.5, 0.6) is 0 Å². The highest BCUT2D eigenvalue weighted by Gasteiger charge is 2.25. The Kier molecular flexibility index (Phi) is 8.23. The number of rotatable bonds is 6. The molecule has 0 unspecified atom stereocenters. The van der Waals surface area contributed by atoms with E-state index in [0.717, 1.165) is 99.6 Å². The first kappa shape index (κ1) is 38.5. The summed E-state index contributed by atoms with van der Waals surface area (Å²) < 4.78 is 18.5. The van der Waals surface area contributed by atoms with Crippen LogP contribution < -0.4 is 0 Å². The minimum Gasteiger partial charge on any atom is -0.455 e. The second kappa shape index (κ2) is 15.0. The van der Waals surface area contributed by atoms with E-state index in [1.807, 2.05) is 48.5 Å². The Hall–Kier alpha value is -9.59. The predicted molar refractivity (Wildman–Crippen MR) is 285 cm³/mol. The van der Waals surface area contributed by atoms with Gasteiger partial charge in [0.1, 0.15) is 16.7 Å². The van der Waals surface area contributed by atoms with Crippen molar-refractivity contribution in [1.82, 2.24) is 24.1 Å². The van der Waals surface area contributed by atoms with Gasteiger partial charge in [0.25, 0.3) is 0 Å². The zero-order valence-electron chi connectivity index (χ0n) is 37.4. The fourth-order valence-electron chi connectivity index (χ4n) is 10.9. The molecule has 5 heterocycles. The lowest BCUT2D eigenvalue weighted by atomic mass is 10.0. The lowest BCUT2D eigenvalue weighted by Gasteiger charge is -2.12. The molecule has 7 heteroatoms. The van der Waals surface area contributed by atoms with Crippen molar-refractivity contribution in [1.29, 1.82) is 0 Å². The van der Waals surface area contributed by atoms with Gasteiger partial charge < -0.3 is 18.0 Å². The quantitative estimate of drug-likeness (QED) is 0.166. The first-order valence-corrected chi connectivity index (χ1v) is 23.5. The third kappa shape index (κ3) is 5.66. The van der Waals surface area contributed by atoms with E-state index in [-0.39, 0.29) is 0 Å². The largest absolute Gasteiger partial charge is 0.455 e. The Balaban J connectivity index is 0.934. The molecule has 0 saturated heterocycles. The van der Waals surface area contributed by atoms with Crippen molar-refractivity contribution < 1.29 is 8.83 Å². The molecule has 0 aliphatic heterocycles. The van der Waals surface area contributed by atoms with E-state index in [1.165, 1.54) is 21.5 Å². The first-order chi connectivity index (χ1) is 34.7. The van der Waals surface area contributed by atoms with Gasteiger partial charge in [0, 0.05) is 65.5 Å². The average molecular weight is 896 g/mol. The topological polar surface area (TPSA) is 74.8 Å². The van der Waals surface area contributed by atoms with E-state index in [0.29, 0.717) is 23.1 Å². The van der Waals surface area contributed by atoms with E-state index < -0.39 is 0 Å². The van der Waals surface area contributed by atoms with Crippen molar-refractivity contribution in [3.63, 3.8) is 0 Å². The number of hydrogen-bond donors (Lipinski definition) is 0. The minimum absolute atomic E-state index is 0.525. The third-order valence-corrected chi connectivity index (χ3v) is 14.0. The van der Waals surface area contributed by atoms with Gasteiger partial charge in [0.15, 0.2) is 23.1 Å². The summed E-state index contributed by atoms with van der Waals surface area (Å²) in [4.78, 5) is 15.5. The van der Waals surface area contributed by atoms with Crippen molar-refractivity contribution in [2.75, 3.05) is 0 Å². The Morgan fingerprint density at radius 3 is 1.49 bits per heavy atom. The number of aromatic nitrogens is 5. The molecular formula is C63H37N5O2. The van der Waals surface area contributed by atoms with Crippen LogP contribution in [0.4, 0.5) is 0 Å². The van der Waals surface area contributed by atoms with Crippen LogP contribution in [0.1, 0.15) is 0 Å². The van der Waals surface area contributed by atoms with Gasteiger partial charge in [-0.3, -0.25) is 0 Å². The van der Waals surface area contributed by atoms with Gasteiger partial charge in [-0.2, -0.15) is 0 Å². The molecule has 0 spiro atoms. The number of nitrogens with zero attached hydrogens (tertiary/aromatic N) is 5. The molecule has 7 nitrogen and oxygen atoms in total. The molecule has 0 atom stereocenters. The van der Waals surface area contributed by atoms with Crippen LogP contribution in [-0.4, -0.2) is 24.1 Å². The van der Waals surface area contributed by atoms with Crippen LogP contribution >= 0.6 is 0 Å². The highest BCUT2D eigenvalue weighted by Crippen LogP contribution is 2.45. The summed E-state index contributed by atoms with van der Waals surface area (Å²) in [5.74, 6) is 1.67. The van der Waals surface area contributed by atoms with E-state index in [2.05, 4.69) is 185 Å². The normalized spacial score (nSPS) is 12.0. The molecule has 0 aliphatic rings. The SMILES string of the molecule is c1ccc(-c2nc(-c3ccc(-c4cccc5c4oc4ccccc45)cc3)nc(-c3cccc4c3oc3c(-n5c6ccccc6c6ccc7c8ccccc8n(-c8ccccc8)c7c65)cccc34)n2)cc1. The second-order valence-corrected chi connectivity index (χ2v) is 17.9. The lowest BCUT2D eigenvalue weighted by molar-refractivity contribution is 0.667. The van der Waals surface area contributed by atoms with E-state index in [4.69, 9.17) is 23.8 Å². The zero-order valence-corrected chi connectivity index (χ0v) is 37.4. The molecule has 5 aromatic heterocycles. The number of para-hydroxylation sites is 7. The Morgan fingerprint density at radius 2 is 0.771 bits per heavy atom. The van der Waals surface area contributed by atoms with Gasteiger partial charge in [-0.05, 0) is 48.0 Å². The first-order valence-electron chi connectivity index (χ1n) is 23.5. The molecule has 10 aromatic carbocycles. The van der Waals surface area contributed by atoms with Crippen LogP contribution in [0, 0.1) is 0 Å². The fraction of sp³-hybridized carbons (Fsp3) is 0. The van der Waals surface area contributed by atoms with Crippen LogP contribution in [-0.2, 0) is 0 Å².